The molecule has 2 atom stereocenters. The number of carboxylic acids is 1. The van der Waals surface area contributed by atoms with Crippen LogP contribution in [-0.2, 0) is 40.3 Å². The Bertz CT molecular complexity index is 1700. The first kappa shape index (κ1) is 38.3. The SMILES string of the molecule is CN[C@H](COC)Cc1cc(-c2ccc(OCc3ccccc3)c(C[C@@](CC[Si](C)(C)C)(NC(=O)OCc3ccccc3)C(=O)O)c2)ccc1F. The third kappa shape index (κ3) is 11.3. The van der Waals surface area contributed by atoms with Crippen LogP contribution < -0.4 is 15.4 Å². The number of ether oxygens (including phenoxy) is 3. The van der Waals surface area contributed by atoms with Crippen LogP contribution in [0.5, 0.6) is 5.75 Å². The van der Waals surface area contributed by atoms with Gasteiger partial charge in [0.2, 0.25) is 0 Å². The van der Waals surface area contributed by atoms with Crippen molar-refractivity contribution in [2.75, 3.05) is 20.8 Å². The number of carboxylic acid groups (broad SMARTS) is 1. The fourth-order valence-electron chi connectivity index (χ4n) is 5.69. The molecule has 0 saturated heterocycles. The lowest BCUT2D eigenvalue weighted by molar-refractivity contribution is -0.144. The average molecular weight is 701 g/mol. The van der Waals surface area contributed by atoms with Crippen molar-refractivity contribution in [3.05, 3.63) is 125 Å². The third-order valence-electron chi connectivity index (χ3n) is 8.68. The number of rotatable bonds is 18. The first-order valence-electron chi connectivity index (χ1n) is 16.9. The predicted molar refractivity (Wildman–Crippen MR) is 198 cm³/mol. The molecule has 3 N–H and O–H groups in total. The van der Waals surface area contributed by atoms with Crippen molar-refractivity contribution >= 4 is 20.1 Å². The molecule has 0 aliphatic carbocycles. The highest BCUT2D eigenvalue weighted by Crippen LogP contribution is 2.34. The van der Waals surface area contributed by atoms with E-state index in [0.717, 1.165) is 22.3 Å². The van der Waals surface area contributed by atoms with E-state index in [1.807, 2.05) is 92.0 Å². The predicted octanol–water partition coefficient (Wildman–Crippen LogP) is 7.87. The molecule has 10 heteroatoms. The first-order valence-corrected chi connectivity index (χ1v) is 20.6. The summed E-state index contributed by atoms with van der Waals surface area (Å²) in [4.78, 5) is 26.6. The molecule has 4 aromatic rings. The van der Waals surface area contributed by atoms with Crippen molar-refractivity contribution in [1.82, 2.24) is 10.6 Å². The molecule has 0 saturated carbocycles. The lowest BCUT2D eigenvalue weighted by Crippen LogP contribution is -2.57. The highest BCUT2D eigenvalue weighted by molar-refractivity contribution is 6.76. The fourth-order valence-corrected chi connectivity index (χ4v) is 6.87. The molecule has 0 fully saturated rings. The molecule has 4 aromatic carbocycles. The summed E-state index contributed by atoms with van der Waals surface area (Å²) in [5.41, 5.74) is 2.70. The Labute approximate surface area is 296 Å². The minimum atomic E-state index is -1.76. The van der Waals surface area contributed by atoms with Crippen LogP contribution in [0.25, 0.3) is 11.1 Å². The number of carbonyl (C=O) groups is 2. The van der Waals surface area contributed by atoms with Gasteiger partial charge in [-0.05, 0) is 77.5 Å². The molecule has 50 heavy (non-hydrogen) atoms. The van der Waals surface area contributed by atoms with Crippen LogP contribution in [-0.4, -0.2) is 57.6 Å². The smallest absolute Gasteiger partial charge is 0.408 e. The van der Waals surface area contributed by atoms with Crippen molar-refractivity contribution in [2.24, 2.45) is 0 Å². The summed E-state index contributed by atoms with van der Waals surface area (Å²) in [5.74, 6) is -0.983. The van der Waals surface area contributed by atoms with E-state index >= 15 is 4.39 Å². The molecule has 266 valence electrons. The summed E-state index contributed by atoms with van der Waals surface area (Å²) in [5, 5.41) is 16.8. The van der Waals surface area contributed by atoms with Gasteiger partial charge in [0, 0.05) is 27.6 Å². The molecule has 0 radical (unpaired) electrons. The maximum Gasteiger partial charge on any atom is 0.408 e. The molecular formula is C40H49FN2O6Si. The van der Waals surface area contributed by atoms with Crippen molar-refractivity contribution < 1.29 is 33.3 Å². The van der Waals surface area contributed by atoms with Gasteiger partial charge in [-0.2, -0.15) is 0 Å². The Morgan fingerprint density at radius 1 is 0.860 bits per heavy atom. The summed E-state index contributed by atoms with van der Waals surface area (Å²) in [6, 6.07) is 30.0. The van der Waals surface area contributed by atoms with Crippen LogP contribution in [0.2, 0.25) is 25.7 Å². The van der Waals surface area contributed by atoms with Gasteiger partial charge in [0.1, 0.15) is 30.3 Å². The van der Waals surface area contributed by atoms with E-state index in [2.05, 4.69) is 30.3 Å². The molecule has 0 bridgehead atoms. The highest BCUT2D eigenvalue weighted by atomic mass is 28.3. The number of carbonyl (C=O) groups excluding carboxylic acids is 1. The van der Waals surface area contributed by atoms with Gasteiger partial charge >= 0.3 is 12.1 Å². The third-order valence-corrected chi connectivity index (χ3v) is 10.4. The van der Waals surface area contributed by atoms with Gasteiger partial charge in [-0.25, -0.2) is 14.0 Å². The second-order valence-electron chi connectivity index (χ2n) is 13.9. The summed E-state index contributed by atoms with van der Waals surface area (Å²) in [6.07, 6.45) is -0.252. The van der Waals surface area contributed by atoms with Gasteiger partial charge in [-0.15, -0.1) is 0 Å². The topological polar surface area (TPSA) is 106 Å². The Morgan fingerprint density at radius 3 is 2.04 bits per heavy atom. The van der Waals surface area contributed by atoms with E-state index in [1.165, 1.54) is 6.07 Å². The van der Waals surface area contributed by atoms with Crippen LogP contribution >= 0.6 is 0 Å². The number of hydrogen-bond acceptors (Lipinski definition) is 6. The van der Waals surface area contributed by atoms with E-state index in [1.54, 1.807) is 13.2 Å². The number of amides is 1. The number of likely N-dealkylation sites (N-methyl/N-ethyl adjacent to an activating group) is 1. The number of halogens is 1. The van der Waals surface area contributed by atoms with Gasteiger partial charge in [0.05, 0.1) is 6.61 Å². The maximum atomic E-state index is 15.0. The quantitative estimate of drug-likeness (QED) is 0.0908. The maximum absolute atomic E-state index is 15.0. The van der Waals surface area contributed by atoms with E-state index in [9.17, 15) is 14.7 Å². The van der Waals surface area contributed by atoms with E-state index in [4.69, 9.17) is 14.2 Å². The molecule has 4 rings (SSSR count). The number of nitrogens with one attached hydrogen (secondary N) is 2. The molecule has 0 unspecified atom stereocenters. The van der Waals surface area contributed by atoms with E-state index in [-0.39, 0.29) is 37.9 Å². The minimum Gasteiger partial charge on any atom is -0.489 e. The average Bonchev–Trinajstić information content (AvgIpc) is 3.10. The van der Waals surface area contributed by atoms with Crippen molar-refractivity contribution in [3.63, 3.8) is 0 Å². The second kappa shape index (κ2) is 17.9. The molecule has 0 aliphatic heterocycles. The summed E-state index contributed by atoms with van der Waals surface area (Å²) >= 11 is 0. The van der Waals surface area contributed by atoms with Crippen molar-refractivity contribution in [2.45, 2.75) is 69.7 Å². The zero-order valence-corrected chi connectivity index (χ0v) is 30.6. The van der Waals surface area contributed by atoms with E-state index in [0.29, 0.717) is 35.9 Å². The minimum absolute atomic E-state index is 0.00298. The molecule has 0 spiro atoms. The first-order chi connectivity index (χ1) is 23.9. The summed E-state index contributed by atoms with van der Waals surface area (Å²) < 4.78 is 32.2. The van der Waals surface area contributed by atoms with Gasteiger partial charge in [-0.1, -0.05) is 98.5 Å². The zero-order chi connectivity index (χ0) is 36.1. The Kier molecular flexibility index (Phi) is 13.7. The number of methoxy groups -OCH3 is 1. The fraction of sp³-hybridized carbons (Fsp3) is 0.350. The Hall–Kier alpha value is -4.51. The normalized spacial score (nSPS) is 13.2. The van der Waals surface area contributed by atoms with Crippen molar-refractivity contribution in [3.8, 4) is 16.9 Å². The molecular weight excluding hydrogens is 652 g/mol. The monoisotopic (exact) mass is 700 g/mol. The largest absolute Gasteiger partial charge is 0.489 e. The molecule has 0 aliphatic rings. The molecule has 8 nitrogen and oxygen atoms in total. The standard InChI is InChI=1S/C40H49FN2O6Si/c1-42-35(28-47-2)24-33-22-31(16-18-36(33)41)32-17-19-37(48-26-29-12-8-6-9-13-29)34(23-32)25-40(38(44)45,20-21-50(3,4)5)43-39(46)49-27-30-14-10-7-11-15-30/h6-19,22-23,35,42H,20-21,24-28H2,1-5H3,(H,43,46)(H,44,45)/t35-,40+/m0/s1. The van der Waals surface area contributed by atoms with Gasteiger partial charge < -0.3 is 30.0 Å². The lowest BCUT2D eigenvalue weighted by Gasteiger charge is -2.33. The number of hydrogen-bond donors (Lipinski definition) is 3. The van der Waals surface area contributed by atoms with Crippen LogP contribution in [0.4, 0.5) is 9.18 Å². The second-order valence-corrected chi connectivity index (χ2v) is 19.5. The Balaban J connectivity index is 1.74. The van der Waals surface area contributed by atoms with E-state index < -0.39 is 25.7 Å². The number of benzene rings is 4. The van der Waals surface area contributed by atoms with Crippen LogP contribution in [0.3, 0.4) is 0 Å². The van der Waals surface area contributed by atoms with Gasteiger partial charge in [-0.3, -0.25) is 0 Å². The van der Waals surface area contributed by atoms with Gasteiger partial charge in [0.25, 0.3) is 0 Å². The highest BCUT2D eigenvalue weighted by Gasteiger charge is 2.42. The van der Waals surface area contributed by atoms with Crippen LogP contribution in [0, 0.1) is 5.82 Å². The Morgan fingerprint density at radius 2 is 1.46 bits per heavy atom. The van der Waals surface area contributed by atoms with Crippen LogP contribution in [0.1, 0.15) is 28.7 Å². The molecule has 0 aromatic heterocycles. The molecule has 1 amide bonds. The van der Waals surface area contributed by atoms with Gasteiger partial charge in [0.15, 0.2) is 0 Å². The number of alkyl carbamates (subject to hydrolysis) is 1. The molecule has 0 heterocycles. The lowest BCUT2D eigenvalue weighted by atomic mass is 9.86. The number of aliphatic carboxylic acids is 1. The zero-order valence-electron chi connectivity index (χ0n) is 29.6. The van der Waals surface area contributed by atoms with Crippen LogP contribution in [0.15, 0.2) is 97.1 Å². The van der Waals surface area contributed by atoms with Crippen molar-refractivity contribution in [1.29, 1.82) is 0 Å². The summed E-state index contributed by atoms with van der Waals surface area (Å²) in [6.45, 7) is 7.19. The summed E-state index contributed by atoms with van der Waals surface area (Å²) in [7, 11) is 1.66.